The summed E-state index contributed by atoms with van der Waals surface area (Å²) in [7, 11) is 0. The summed E-state index contributed by atoms with van der Waals surface area (Å²) >= 11 is 0. The van der Waals surface area contributed by atoms with Crippen molar-refractivity contribution >= 4 is 18.6 Å². The zero-order valence-corrected chi connectivity index (χ0v) is 20.3. The average molecular weight is 466 g/mol. The van der Waals surface area contributed by atoms with E-state index in [1.165, 1.54) is 18.6 Å². The van der Waals surface area contributed by atoms with Crippen LogP contribution >= 0.6 is 0 Å². The highest BCUT2D eigenvalue weighted by molar-refractivity contribution is 6.03. The molecule has 0 fully saturated rings. The zero-order valence-electron chi connectivity index (χ0n) is 20.3. The normalized spacial score (nSPS) is 15.6. The van der Waals surface area contributed by atoms with E-state index in [0.29, 0.717) is 0 Å². The molecule has 0 aliphatic heterocycles. The maximum Gasteiger partial charge on any atom is 0.140 e. The van der Waals surface area contributed by atoms with Crippen LogP contribution in [0.1, 0.15) is 58.2 Å². The van der Waals surface area contributed by atoms with Crippen LogP contribution in [0.2, 0.25) is 0 Å². The fourth-order valence-electron chi connectivity index (χ4n) is 2.94. The summed E-state index contributed by atoms with van der Waals surface area (Å²) in [5.74, 6) is -1.29. The van der Waals surface area contributed by atoms with Crippen molar-refractivity contribution in [2.45, 2.75) is 59.7 Å². The smallest absolute Gasteiger partial charge is 0.140 e. The van der Waals surface area contributed by atoms with Gasteiger partial charge in [-0.2, -0.15) is 0 Å². The number of phenolic OH excluding ortho intramolecular Hbond substituents is 3. The van der Waals surface area contributed by atoms with Gasteiger partial charge in [0.15, 0.2) is 0 Å². The first-order valence-electron chi connectivity index (χ1n) is 11.2. The van der Waals surface area contributed by atoms with Gasteiger partial charge in [-0.3, -0.25) is 15.0 Å². The zero-order chi connectivity index (χ0) is 25.3. The second kappa shape index (κ2) is 13.3. The van der Waals surface area contributed by atoms with Crippen molar-refractivity contribution in [2.75, 3.05) is 19.8 Å². The number of hydrogen-bond acceptors (Lipinski definition) is 9. The maximum absolute atomic E-state index is 10.8. The van der Waals surface area contributed by atoms with E-state index in [4.69, 9.17) is 0 Å². The molecule has 0 saturated heterocycles. The van der Waals surface area contributed by atoms with Gasteiger partial charge in [0.2, 0.25) is 0 Å². The fraction of sp³-hybridized carbons (Fsp3) is 0.625. The highest BCUT2D eigenvalue weighted by Gasteiger charge is 2.23. The van der Waals surface area contributed by atoms with E-state index in [1.807, 2.05) is 41.5 Å². The van der Waals surface area contributed by atoms with Gasteiger partial charge in [0, 0.05) is 18.6 Å². The predicted molar refractivity (Wildman–Crippen MR) is 131 cm³/mol. The van der Waals surface area contributed by atoms with Crippen LogP contribution in [0.25, 0.3) is 0 Å². The van der Waals surface area contributed by atoms with Gasteiger partial charge in [0.05, 0.1) is 54.6 Å². The molecule has 0 amide bonds. The lowest BCUT2D eigenvalue weighted by Gasteiger charge is -2.17. The molecule has 3 atom stereocenters. The summed E-state index contributed by atoms with van der Waals surface area (Å²) in [5, 5.41) is 61.1. The largest absolute Gasteiger partial charge is 0.506 e. The average Bonchev–Trinajstić information content (AvgIpc) is 2.74. The maximum atomic E-state index is 10.8. The Kier molecular flexibility index (Phi) is 11.5. The van der Waals surface area contributed by atoms with E-state index in [9.17, 15) is 30.6 Å². The third-order valence-corrected chi connectivity index (χ3v) is 5.59. The van der Waals surface area contributed by atoms with Crippen LogP contribution in [0, 0.1) is 17.8 Å². The summed E-state index contributed by atoms with van der Waals surface area (Å²) < 4.78 is 0. The first kappa shape index (κ1) is 28.5. The molecular weight excluding hydrogens is 426 g/mol. The molecule has 0 aliphatic rings. The Morgan fingerprint density at radius 1 is 0.515 bits per heavy atom. The highest BCUT2D eigenvalue weighted by atomic mass is 16.3. The number of hydrogen-bond donors (Lipinski definition) is 6. The number of aliphatic imine (C=N–C) groups is 3. The molecule has 0 radical (unpaired) electrons. The van der Waals surface area contributed by atoms with Crippen molar-refractivity contribution in [3.05, 3.63) is 16.7 Å². The number of nitrogens with zero attached hydrogens (tertiary/aromatic N) is 3. The summed E-state index contributed by atoms with van der Waals surface area (Å²) in [6.07, 6.45) is 3.74. The van der Waals surface area contributed by atoms with Crippen LogP contribution in [0.4, 0.5) is 0 Å². The number of rotatable bonds is 12. The first-order valence-corrected chi connectivity index (χ1v) is 11.2. The van der Waals surface area contributed by atoms with Crippen molar-refractivity contribution in [3.8, 4) is 17.2 Å². The lowest BCUT2D eigenvalue weighted by molar-refractivity contribution is 0.240. The summed E-state index contributed by atoms with van der Waals surface area (Å²) in [6.45, 7) is 10.7. The van der Waals surface area contributed by atoms with E-state index >= 15 is 0 Å². The molecule has 9 nitrogen and oxygen atoms in total. The van der Waals surface area contributed by atoms with E-state index < -0.39 is 35.4 Å². The molecule has 1 aromatic rings. The standard InChI is InChI=1S/C24H39N3O6/c1-13(2)19(10-28)25-7-16-22(31)17(8-26-20(11-29)14(3)4)24(33)18(23(16)32)9-27-21(12-30)15(5)6/h7-9,13-15,19-21,28-33H,10-12H2,1-6H3/t19-,20-,21-/m1/s1. The lowest BCUT2D eigenvalue weighted by Crippen LogP contribution is -2.18. The Labute approximate surface area is 195 Å². The minimum atomic E-state index is -0.453. The van der Waals surface area contributed by atoms with Gasteiger partial charge >= 0.3 is 0 Å². The molecule has 0 aliphatic carbocycles. The summed E-state index contributed by atoms with van der Waals surface area (Å²) in [6, 6.07) is -1.36. The molecule has 1 rings (SSSR count). The van der Waals surface area contributed by atoms with Gasteiger partial charge in [0.25, 0.3) is 0 Å². The molecule has 0 heterocycles. The molecule has 33 heavy (non-hydrogen) atoms. The number of aliphatic hydroxyl groups is 3. The van der Waals surface area contributed by atoms with Crippen LogP contribution in [0.15, 0.2) is 15.0 Å². The molecule has 0 bridgehead atoms. The Hall–Kier alpha value is -2.49. The van der Waals surface area contributed by atoms with Crippen molar-refractivity contribution in [1.82, 2.24) is 0 Å². The Balaban J connectivity index is 3.71. The number of benzene rings is 1. The molecule has 0 spiro atoms. The molecular formula is C24H39N3O6. The molecule has 186 valence electrons. The molecule has 9 heteroatoms. The van der Waals surface area contributed by atoms with E-state index in [2.05, 4.69) is 15.0 Å². The Bertz CT molecular complexity index is 719. The van der Waals surface area contributed by atoms with Gasteiger partial charge in [-0.1, -0.05) is 41.5 Å². The van der Waals surface area contributed by atoms with Crippen LogP contribution < -0.4 is 0 Å². The van der Waals surface area contributed by atoms with Gasteiger partial charge in [-0.25, -0.2) is 0 Å². The quantitative estimate of drug-likeness (QED) is 0.259. The third-order valence-electron chi connectivity index (χ3n) is 5.59. The molecule has 0 unspecified atom stereocenters. The third kappa shape index (κ3) is 7.52. The summed E-state index contributed by atoms with van der Waals surface area (Å²) in [4.78, 5) is 12.8. The van der Waals surface area contributed by atoms with Gasteiger partial charge in [-0.05, 0) is 17.8 Å². The van der Waals surface area contributed by atoms with Crippen molar-refractivity contribution in [2.24, 2.45) is 32.7 Å². The number of aromatic hydroxyl groups is 3. The van der Waals surface area contributed by atoms with Crippen LogP contribution in [0.3, 0.4) is 0 Å². The molecule has 0 aromatic heterocycles. The van der Waals surface area contributed by atoms with Gasteiger partial charge in [-0.15, -0.1) is 0 Å². The Morgan fingerprint density at radius 2 is 0.727 bits per heavy atom. The first-order chi connectivity index (χ1) is 15.5. The topological polar surface area (TPSA) is 158 Å². The van der Waals surface area contributed by atoms with Crippen LogP contribution in [-0.4, -0.2) is 87.2 Å². The van der Waals surface area contributed by atoms with Gasteiger partial charge in [0.1, 0.15) is 17.2 Å². The monoisotopic (exact) mass is 465 g/mol. The lowest BCUT2D eigenvalue weighted by atomic mass is 10.00. The molecule has 0 saturated carbocycles. The number of aliphatic hydroxyl groups excluding tert-OH is 3. The predicted octanol–water partition coefficient (Wildman–Crippen LogP) is 2.11. The SMILES string of the molecule is CC(C)[C@@H](CO)N=Cc1c(O)c(C=N[C@H](CO)C(C)C)c(O)c(C=N[C@H](CO)C(C)C)c1O. The number of phenols is 3. The van der Waals surface area contributed by atoms with Crippen molar-refractivity contribution in [3.63, 3.8) is 0 Å². The van der Waals surface area contributed by atoms with Crippen molar-refractivity contribution < 1.29 is 30.6 Å². The van der Waals surface area contributed by atoms with E-state index in [0.717, 1.165) is 0 Å². The Morgan fingerprint density at radius 3 is 0.879 bits per heavy atom. The minimum Gasteiger partial charge on any atom is -0.506 e. The second-order valence-corrected chi connectivity index (χ2v) is 9.10. The highest BCUT2D eigenvalue weighted by Crippen LogP contribution is 2.40. The minimum absolute atomic E-state index is 0.0161. The second-order valence-electron chi connectivity index (χ2n) is 9.10. The molecule has 1 aromatic carbocycles. The van der Waals surface area contributed by atoms with E-state index in [-0.39, 0.29) is 54.3 Å². The van der Waals surface area contributed by atoms with Crippen molar-refractivity contribution in [1.29, 1.82) is 0 Å². The van der Waals surface area contributed by atoms with Crippen LogP contribution in [0.5, 0.6) is 17.2 Å². The van der Waals surface area contributed by atoms with Gasteiger partial charge < -0.3 is 30.6 Å². The van der Waals surface area contributed by atoms with Crippen LogP contribution in [-0.2, 0) is 0 Å². The summed E-state index contributed by atoms with van der Waals surface area (Å²) in [5.41, 5.74) is -0.194. The molecule has 6 N–H and O–H groups in total. The van der Waals surface area contributed by atoms with E-state index in [1.54, 1.807) is 0 Å². The fourth-order valence-corrected chi connectivity index (χ4v) is 2.94.